The summed E-state index contributed by atoms with van der Waals surface area (Å²) in [6.45, 7) is 1.83. The van der Waals surface area contributed by atoms with E-state index in [9.17, 15) is 27.9 Å². The molecule has 0 saturated heterocycles. The third-order valence-electron chi connectivity index (χ3n) is 4.92. The number of anilines is 1. The predicted molar refractivity (Wildman–Crippen MR) is 97.7 cm³/mol. The highest BCUT2D eigenvalue weighted by molar-refractivity contribution is 6.09. The number of alkyl halides is 3. The van der Waals surface area contributed by atoms with Gasteiger partial charge in [-0.1, -0.05) is 18.2 Å². The van der Waals surface area contributed by atoms with Crippen molar-refractivity contribution in [1.82, 2.24) is 4.57 Å². The minimum atomic E-state index is -4.57. The van der Waals surface area contributed by atoms with Crippen LogP contribution in [0.5, 0.6) is 5.75 Å². The van der Waals surface area contributed by atoms with Gasteiger partial charge in [0, 0.05) is 17.1 Å². The lowest BCUT2D eigenvalue weighted by molar-refractivity contribution is -0.137. The summed E-state index contributed by atoms with van der Waals surface area (Å²) in [6, 6.07) is 9.05. The normalized spacial score (nSPS) is 15.8. The molecule has 2 N–H and O–H groups in total. The summed E-state index contributed by atoms with van der Waals surface area (Å²) in [5.41, 5.74) is -0.748. The Morgan fingerprint density at radius 1 is 1.21 bits per heavy atom. The maximum Gasteiger partial charge on any atom is 0.416 e. The number of aromatic hydroxyl groups is 1. The minimum absolute atomic E-state index is 0.123. The molecule has 1 atom stereocenters. The van der Waals surface area contributed by atoms with Crippen molar-refractivity contribution in [2.24, 2.45) is 0 Å². The molecule has 0 bridgehead atoms. The van der Waals surface area contributed by atoms with Crippen LogP contribution in [0.4, 0.5) is 18.9 Å². The smallest absolute Gasteiger partial charge is 0.416 e. The molecule has 1 aromatic heterocycles. The number of hydrogen-bond donors (Lipinski definition) is 2. The van der Waals surface area contributed by atoms with Crippen molar-refractivity contribution in [2.75, 3.05) is 5.32 Å². The monoisotopic (exact) mass is 388 g/mol. The first-order valence-electron chi connectivity index (χ1n) is 8.56. The van der Waals surface area contributed by atoms with Crippen LogP contribution in [0.25, 0.3) is 10.9 Å². The molecule has 0 spiro atoms. The van der Waals surface area contributed by atoms with Crippen LogP contribution in [0.3, 0.4) is 0 Å². The lowest BCUT2D eigenvalue weighted by Gasteiger charge is -2.14. The van der Waals surface area contributed by atoms with Crippen molar-refractivity contribution < 1.29 is 23.1 Å². The largest absolute Gasteiger partial charge is 0.506 e. The van der Waals surface area contributed by atoms with Crippen molar-refractivity contribution in [3.63, 3.8) is 0 Å². The molecular formula is C20H15F3N2O3. The topological polar surface area (TPSA) is 71.3 Å². The van der Waals surface area contributed by atoms with Gasteiger partial charge < -0.3 is 15.0 Å². The van der Waals surface area contributed by atoms with Crippen molar-refractivity contribution in [3.8, 4) is 5.75 Å². The third kappa shape index (κ3) is 2.72. The van der Waals surface area contributed by atoms with Crippen molar-refractivity contribution in [1.29, 1.82) is 0 Å². The lowest BCUT2D eigenvalue weighted by atomic mass is 10.1. The third-order valence-corrected chi connectivity index (χ3v) is 4.92. The number of amides is 1. The van der Waals surface area contributed by atoms with E-state index in [0.717, 1.165) is 23.8 Å². The Morgan fingerprint density at radius 3 is 2.64 bits per heavy atom. The Bertz CT molecular complexity index is 1180. The number of carbonyl (C=O) groups is 1. The van der Waals surface area contributed by atoms with E-state index in [2.05, 4.69) is 5.32 Å². The molecule has 3 aromatic rings. The highest BCUT2D eigenvalue weighted by Crippen LogP contribution is 2.36. The summed E-state index contributed by atoms with van der Waals surface area (Å²) in [6.07, 6.45) is -3.98. The number of nitrogens with zero attached hydrogens (tertiary/aromatic N) is 1. The molecule has 2 aromatic carbocycles. The van der Waals surface area contributed by atoms with Gasteiger partial charge in [0.05, 0.1) is 11.1 Å². The van der Waals surface area contributed by atoms with E-state index in [1.54, 1.807) is 12.1 Å². The molecular weight excluding hydrogens is 373 g/mol. The molecule has 1 aliphatic heterocycles. The number of pyridine rings is 1. The van der Waals surface area contributed by atoms with Gasteiger partial charge in [-0.15, -0.1) is 0 Å². The van der Waals surface area contributed by atoms with E-state index in [0.29, 0.717) is 17.3 Å². The van der Waals surface area contributed by atoms with Crippen LogP contribution in [0.1, 0.15) is 34.5 Å². The molecule has 4 rings (SSSR count). The Kier molecular flexibility index (Phi) is 3.95. The molecule has 1 unspecified atom stereocenters. The first kappa shape index (κ1) is 18.1. The molecule has 8 heteroatoms. The maximum atomic E-state index is 12.9. The van der Waals surface area contributed by atoms with Crippen molar-refractivity contribution >= 4 is 22.5 Å². The van der Waals surface area contributed by atoms with Crippen molar-refractivity contribution in [2.45, 2.75) is 25.6 Å². The van der Waals surface area contributed by atoms with Crippen LogP contribution in [-0.4, -0.2) is 15.6 Å². The van der Waals surface area contributed by atoms with E-state index >= 15 is 0 Å². The number of carbonyl (C=O) groups excluding carboxylic acids is 1. The van der Waals surface area contributed by atoms with Crippen LogP contribution in [0.2, 0.25) is 0 Å². The average molecular weight is 388 g/mol. The summed E-state index contributed by atoms with van der Waals surface area (Å²) < 4.78 is 40.1. The quantitative estimate of drug-likeness (QED) is 0.695. The van der Waals surface area contributed by atoms with Gasteiger partial charge in [0.2, 0.25) is 0 Å². The first-order chi connectivity index (χ1) is 13.2. The van der Waals surface area contributed by atoms with Gasteiger partial charge in [-0.2, -0.15) is 13.2 Å². The second kappa shape index (κ2) is 6.12. The van der Waals surface area contributed by atoms with Crippen LogP contribution in [0.15, 0.2) is 47.3 Å². The number of halogens is 3. The number of rotatable bonds is 2. The highest BCUT2D eigenvalue weighted by atomic mass is 19.4. The maximum absolute atomic E-state index is 12.9. The summed E-state index contributed by atoms with van der Waals surface area (Å²) in [7, 11) is 0. The second-order valence-electron chi connectivity index (χ2n) is 6.80. The molecule has 144 valence electrons. The second-order valence-corrected chi connectivity index (χ2v) is 6.80. The van der Waals surface area contributed by atoms with Crippen LogP contribution >= 0.6 is 0 Å². The van der Waals surface area contributed by atoms with Gasteiger partial charge >= 0.3 is 6.18 Å². The summed E-state index contributed by atoms with van der Waals surface area (Å²) >= 11 is 0. The molecule has 0 fully saturated rings. The molecule has 0 radical (unpaired) electrons. The molecule has 0 aliphatic carbocycles. The molecule has 1 amide bonds. The number of aromatic nitrogens is 1. The zero-order valence-corrected chi connectivity index (χ0v) is 14.7. The molecule has 28 heavy (non-hydrogen) atoms. The van der Waals surface area contributed by atoms with Crippen LogP contribution < -0.4 is 10.9 Å². The number of para-hydroxylation sites is 1. The lowest BCUT2D eigenvalue weighted by Crippen LogP contribution is -2.30. The van der Waals surface area contributed by atoms with Crippen LogP contribution in [0, 0.1) is 0 Å². The fourth-order valence-corrected chi connectivity index (χ4v) is 3.69. The Balaban J connectivity index is 1.81. The van der Waals surface area contributed by atoms with Gasteiger partial charge in [-0.25, -0.2) is 0 Å². The van der Waals surface area contributed by atoms with Gasteiger partial charge in [0.25, 0.3) is 11.5 Å². The number of hydrogen-bond acceptors (Lipinski definition) is 3. The molecule has 0 saturated carbocycles. The fraction of sp³-hybridized carbons (Fsp3) is 0.200. The zero-order chi connectivity index (χ0) is 20.2. The molecule has 2 heterocycles. The Morgan fingerprint density at radius 2 is 1.93 bits per heavy atom. The van der Waals surface area contributed by atoms with Gasteiger partial charge in [0.1, 0.15) is 11.3 Å². The average Bonchev–Trinajstić information content (AvgIpc) is 2.96. The van der Waals surface area contributed by atoms with E-state index < -0.39 is 34.5 Å². The molecule has 5 nitrogen and oxygen atoms in total. The minimum Gasteiger partial charge on any atom is -0.506 e. The van der Waals surface area contributed by atoms with E-state index in [4.69, 9.17) is 0 Å². The van der Waals surface area contributed by atoms with E-state index in [1.165, 1.54) is 10.6 Å². The summed E-state index contributed by atoms with van der Waals surface area (Å²) in [5.74, 6) is -1.44. The molecule has 1 aliphatic rings. The standard InChI is InChI=1S/C20H15F3N2O3/c1-10-8-11-4-2-7-14-16(11)25(10)19(28)15(17(14)26)18(27)24-13-6-3-5-12(9-13)20(21,22)23/h2-7,9-10,26H,8H2,1H3,(H,24,27). The Hall–Kier alpha value is -3.29. The summed E-state index contributed by atoms with van der Waals surface area (Å²) in [5, 5.41) is 13.2. The zero-order valence-electron chi connectivity index (χ0n) is 14.7. The van der Waals surface area contributed by atoms with Gasteiger partial charge in [-0.05, 0) is 43.2 Å². The van der Waals surface area contributed by atoms with Crippen LogP contribution in [-0.2, 0) is 12.6 Å². The van der Waals surface area contributed by atoms with Gasteiger partial charge in [-0.3, -0.25) is 9.59 Å². The Labute approximate surface area is 157 Å². The summed E-state index contributed by atoms with van der Waals surface area (Å²) in [4.78, 5) is 25.6. The number of benzene rings is 2. The van der Waals surface area contributed by atoms with E-state index in [1.807, 2.05) is 13.0 Å². The SMILES string of the molecule is CC1Cc2cccc3c(O)c(C(=O)Nc4cccc(C(F)(F)F)c4)c(=O)n1c23. The number of nitrogens with one attached hydrogen (secondary N) is 1. The predicted octanol–water partition coefficient (Wildman–Crippen LogP) is 4.10. The van der Waals surface area contributed by atoms with Gasteiger partial charge in [0.15, 0.2) is 0 Å². The highest BCUT2D eigenvalue weighted by Gasteiger charge is 2.32. The fourth-order valence-electron chi connectivity index (χ4n) is 3.69. The van der Waals surface area contributed by atoms with Crippen molar-refractivity contribution in [3.05, 3.63) is 69.5 Å². The van der Waals surface area contributed by atoms with E-state index in [-0.39, 0.29) is 11.7 Å². The first-order valence-corrected chi connectivity index (χ1v) is 8.56.